The Hall–Kier alpha value is -1.51. The van der Waals surface area contributed by atoms with Crippen LogP contribution in [0.1, 0.15) is 141 Å². The van der Waals surface area contributed by atoms with E-state index in [2.05, 4.69) is 46.8 Å². The van der Waals surface area contributed by atoms with Gasteiger partial charge in [0.15, 0.2) is 0 Å². The Bertz CT molecular complexity index is 646. The zero-order valence-corrected chi connectivity index (χ0v) is 23.8. The van der Waals surface area contributed by atoms with Crippen LogP contribution in [-0.4, -0.2) is 17.7 Å². The van der Waals surface area contributed by atoms with E-state index in [-0.39, 0.29) is 5.97 Å². The molecule has 0 bridgehead atoms. The predicted molar refractivity (Wildman–Crippen MR) is 150 cm³/mol. The van der Waals surface area contributed by atoms with Crippen molar-refractivity contribution in [2.75, 3.05) is 6.61 Å². The second-order valence-electron chi connectivity index (χ2n) is 11.4. The van der Waals surface area contributed by atoms with Crippen LogP contribution in [0.5, 0.6) is 5.75 Å². The number of aryl methyl sites for hydroxylation is 1. The van der Waals surface area contributed by atoms with Gasteiger partial charge in [-0.15, -0.1) is 0 Å². The number of hydrogen-bond donors (Lipinski definition) is 1. The summed E-state index contributed by atoms with van der Waals surface area (Å²) < 4.78 is 5.49. The number of rotatable bonds is 21. The third-order valence-electron chi connectivity index (χ3n) is 6.71. The molecule has 202 valence electrons. The van der Waals surface area contributed by atoms with Crippen LogP contribution in [0, 0.1) is 11.8 Å². The predicted octanol–water partition coefficient (Wildman–Crippen LogP) is 9.36. The summed E-state index contributed by atoms with van der Waals surface area (Å²) in [6, 6.07) is 4.16. The van der Waals surface area contributed by atoms with Crippen molar-refractivity contribution >= 4 is 5.97 Å². The highest BCUT2D eigenvalue weighted by Crippen LogP contribution is 2.29. The first-order chi connectivity index (χ1) is 16.8. The molecule has 0 heterocycles. The number of benzene rings is 1. The highest BCUT2D eigenvalue weighted by atomic mass is 16.5. The average Bonchev–Trinajstić information content (AvgIpc) is 2.80. The van der Waals surface area contributed by atoms with Crippen molar-refractivity contribution in [1.29, 1.82) is 0 Å². The van der Waals surface area contributed by atoms with Crippen molar-refractivity contribution in [1.82, 2.24) is 0 Å². The number of unbranched alkanes of at least 4 members (excludes halogenated alkanes) is 12. The number of esters is 1. The summed E-state index contributed by atoms with van der Waals surface area (Å²) in [5.41, 5.74) is 3.15. The van der Waals surface area contributed by atoms with Gasteiger partial charge in [-0.25, -0.2) is 0 Å². The van der Waals surface area contributed by atoms with Crippen LogP contribution in [-0.2, 0) is 28.8 Å². The van der Waals surface area contributed by atoms with Gasteiger partial charge in [-0.05, 0) is 54.2 Å². The first-order valence-corrected chi connectivity index (χ1v) is 14.8. The highest BCUT2D eigenvalue weighted by molar-refractivity contribution is 5.69. The second-order valence-corrected chi connectivity index (χ2v) is 11.4. The number of carbonyl (C=O) groups is 1. The van der Waals surface area contributed by atoms with Crippen molar-refractivity contribution in [3.63, 3.8) is 0 Å². The van der Waals surface area contributed by atoms with Crippen LogP contribution >= 0.6 is 0 Å². The molecule has 1 rings (SSSR count). The minimum atomic E-state index is -0.104. The number of carbonyl (C=O) groups excluding carboxylic acids is 1. The molecule has 3 heteroatoms. The largest absolute Gasteiger partial charge is 0.507 e. The molecule has 3 nitrogen and oxygen atoms in total. The fourth-order valence-corrected chi connectivity index (χ4v) is 4.79. The van der Waals surface area contributed by atoms with E-state index in [0.717, 1.165) is 42.4 Å². The summed E-state index contributed by atoms with van der Waals surface area (Å²) in [4.78, 5) is 12.3. The Kier molecular flexibility index (Phi) is 17.7. The summed E-state index contributed by atoms with van der Waals surface area (Å²) >= 11 is 0. The van der Waals surface area contributed by atoms with Crippen molar-refractivity contribution in [3.8, 4) is 5.75 Å². The smallest absolute Gasteiger partial charge is 0.306 e. The Balaban J connectivity index is 2.19. The molecule has 0 radical (unpaired) electrons. The molecule has 0 aliphatic heterocycles. The lowest BCUT2D eigenvalue weighted by Gasteiger charge is -2.16. The number of phenols is 1. The summed E-state index contributed by atoms with van der Waals surface area (Å²) in [5, 5.41) is 10.7. The first-order valence-electron chi connectivity index (χ1n) is 14.8. The quantitative estimate of drug-likeness (QED) is 0.138. The van der Waals surface area contributed by atoms with E-state index < -0.39 is 0 Å². The monoisotopic (exact) mass is 488 g/mol. The Morgan fingerprint density at radius 2 is 1.17 bits per heavy atom. The van der Waals surface area contributed by atoms with Crippen LogP contribution in [0.4, 0.5) is 0 Å². The Morgan fingerprint density at radius 3 is 1.60 bits per heavy atom. The molecule has 35 heavy (non-hydrogen) atoms. The summed E-state index contributed by atoms with van der Waals surface area (Å²) in [5.74, 6) is 1.30. The lowest BCUT2D eigenvalue weighted by molar-refractivity contribution is -0.143. The van der Waals surface area contributed by atoms with Crippen LogP contribution in [0.2, 0.25) is 0 Å². The van der Waals surface area contributed by atoms with Crippen LogP contribution in [0.25, 0.3) is 0 Å². The van der Waals surface area contributed by atoms with E-state index in [4.69, 9.17) is 4.74 Å². The topological polar surface area (TPSA) is 46.5 Å². The third kappa shape index (κ3) is 16.0. The molecule has 0 aliphatic rings. The summed E-state index contributed by atoms with van der Waals surface area (Å²) in [7, 11) is 0. The first kappa shape index (κ1) is 31.5. The normalized spacial score (nSPS) is 11.5. The van der Waals surface area contributed by atoms with Crippen LogP contribution in [0.15, 0.2) is 12.1 Å². The van der Waals surface area contributed by atoms with Crippen molar-refractivity contribution < 1.29 is 14.6 Å². The van der Waals surface area contributed by atoms with Gasteiger partial charge in [0.05, 0.1) is 6.61 Å². The number of aromatic hydroxyl groups is 1. The molecular formula is C32H56O3. The lowest BCUT2D eigenvalue weighted by atomic mass is 9.92. The number of hydrogen-bond acceptors (Lipinski definition) is 3. The molecule has 0 saturated carbocycles. The standard InChI is InChI=1S/C32H56O3/c1-6-7-8-9-10-11-12-13-14-15-16-17-18-21-35-31(33)20-19-28-24-29(22-26(2)3)32(34)30(25-28)23-27(4)5/h24-27,34H,6-23H2,1-5H3. The SMILES string of the molecule is CCCCCCCCCCCCCCCOC(=O)CCc1cc(CC(C)C)c(O)c(CC(C)C)c1. The third-order valence-corrected chi connectivity index (χ3v) is 6.71. The minimum Gasteiger partial charge on any atom is -0.507 e. The number of ether oxygens (including phenoxy) is 1. The van der Waals surface area contributed by atoms with E-state index in [9.17, 15) is 9.90 Å². The van der Waals surface area contributed by atoms with E-state index in [1.54, 1.807) is 0 Å². The maximum absolute atomic E-state index is 12.3. The zero-order chi connectivity index (χ0) is 25.9. The molecule has 0 atom stereocenters. The van der Waals surface area contributed by atoms with Crippen molar-refractivity contribution in [3.05, 3.63) is 28.8 Å². The van der Waals surface area contributed by atoms with E-state index >= 15 is 0 Å². The molecule has 0 amide bonds. The van der Waals surface area contributed by atoms with Gasteiger partial charge >= 0.3 is 5.97 Å². The lowest BCUT2D eigenvalue weighted by Crippen LogP contribution is -2.08. The molecule has 0 aliphatic carbocycles. The minimum absolute atomic E-state index is 0.104. The van der Waals surface area contributed by atoms with E-state index in [1.165, 1.54) is 70.6 Å². The molecule has 0 saturated heterocycles. The van der Waals surface area contributed by atoms with Gasteiger partial charge in [-0.1, -0.05) is 124 Å². The molecule has 0 fully saturated rings. The van der Waals surface area contributed by atoms with Gasteiger partial charge in [-0.3, -0.25) is 4.79 Å². The van der Waals surface area contributed by atoms with Gasteiger partial charge in [-0.2, -0.15) is 0 Å². The maximum Gasteiger partial charge on any atom is 0.306 e. The van der Waals surface area contributed by atoms with Gasteiger partial charge in [0, 0.05) is 6.42 Å². The van der Waals surface area contributed by atoms with Gasteiger partial charge in [0.1, 0.15) is 5.75 Å². The molecule has 1 N–H and O–H groups in total. The van der Waals surface area contributed by atoms with Gasteiger partial charge in [0.25, 0.3) is 0 Å². The molecule has 1 aromatic carbocycles. The van der Waals surface area contributed by atoms with Crippen molar-refractivity contribution in [2.45, 2.75) is 144 Å². The molecule has 0 aromatic heterocycles. The van der Waals surface area contributed by atoms with Crippen LogP contribution in [0.3, 0.4) is 0 Å². The molecular weight excluding hydrogens is 432 g/mol. The average molecular weight is 489 g/mol. The molecule has 0 unspecified atom stereocenters. The van der Waals surface area contributed by atoms with Gasteiger partial charge < -0.3 is 9.84 Å². The van der Waals surface area contributed by atoms with Crippen LogP contribution < -0.4 is 0 Å². The Labute approximate surface area is 217 Å². The second kappa shape index (κ2) is 19.7. The fraction of sp³-hybridized carbons (Fsp3) is 0.781. The van der Waals surface area contributed by atoms with Crippen molar-refractivity contribution in [2.24, 2.45) is 11.8 Å². The number of phenolic OH excluding ortho intramolecular Hbond substituents is 1. The van der Waals surface area contributed by atoms with Gasteiger partial charge in [0.2, 0.25) is 0 Å². The van der Waals surface area contributed by atoms with E-state index in [0.29, 0.717) is 37.0 Å². The molecule has 1 aromatic rings. The highest BCUT2D eigenvalue weighted by Gasteiger charge is 2.14. The van der Waals surface area contributed by atoms with E-state index in [1.807, 2.05) is 0 Å². The maximum atomic E-state index is 12.3. The zero-order valence-electron chi connectivity index (χ0n) is 23.8. The Morgan fingerprint density at radius 1 is 0.743 bits per heavy atom. The fourth-order valence-electron chi connectivity index (χ4n) is 4.79. The molecule has 0 spiro atoms. The summed E-state index contributed by atoms with van der Waals surface area (Å²) in [6.07, 6.45) is 20.0. The summed E-state index contributed by atoms with van der Waals surface area (Å²) in [6.45, 7) is 11.5.